The second-order valence-electron chi connectivity index (χ2n) is 6.39. The minimum absolute atomic E-state index is 0.783. The standard InChI is InChI=1S/C15H18N6S.C2HF3O2/c1-12-18-13(11-22-12)8-19-5-6-21-14(7-16-15(21)10-19)9-20-4-2-3-17-20;3-2(4,5)1(6)7/h2-4,7,11H,5-6,8-10H2,1H3;(H,6,7). The maximum atomic E-state index is 10.6. The van der Waals surface area contributed by atoms with Crippen molar-refractivity contribution < 1.29 is 23.1 Å². The third-order valence-corrected chi connectivity index (χ3v) is 5.03. The largest absolute Gasteiger partial charge is 0.490 e. The Bertz CT molecular complexity index is 951. The number of carboxylic acids is 1. The minimum atomic E-state index is -5.08. The molecule has 1 aliphatic heterocycles. The van der Waals surface area contributed by atoms with Crippen molar-refractivity contribution in [1.29, 1.82) is 0 Å². The number of carbonyl (C=O) groups is 1. The van der Waals surface area contributed by atoms with Crippen LogP contribution in [0.25, 0.3) is 0 Å². The van der Waals surface area contributed by atoms with Crippen LogP contribution in [0.3, 0.4) is 0 Å². The molecule has 0 spiro atoms. The molecule has 0 saturated carbocycles. The summed E-state index contributed by atoms with van der Waals surface area (Å²) in [5, 5.41) is 14.7. The highest BCUT2D eigenvalue weighted by Gasteiger charge is 2.38. The number of thiazole rings is 1. The lowest BCUT2D eigenvalue weighted by Crippen LogP contribution is -2.34. The average molecular weight is 428 g/mol. The van der Waals surface area contributed by atoms with E-state index in [1.54, 1.807) is 11.3 Å². The van der Waals surface area contributed by atoms with Gasteiger partial charge in [-0.2, -0.15) is 18.3 Å². The van der Waals surface area contributed by atoms with E-state index in [4.69, 9.17) is 9.90 Å². The molecule has 0 aliphatic carbocycles. The summed E-state index contributed by atoms with van der Waals surface area (Å²) in [5.74, 6) is -1.62. The molecule has 0 radical (unpaired) electrons. The highest BCUT2D eigenvalue weighted by atomic mass is 32.1. The molecule has 8 nitrogen and oxygen atoms in total. The summed E-state index contributed by atoms with van der Waals surface area (Å²) in [6.45, 7) is 6.65. The first-order valence-electron chi connectivity index (χ1n) is 8.66. The van der Waals surface area contributed by atoms with Gasteiger partial charge in [0.1, 0.15) is 5.82 Å². The number of rotatable bonds is 4. The molecule has 3 aromatic rings. The van der Waals surface area contributed by atoms with Gasteiger partial charge in [-0.25, -0.2) is 14.8 Å². The summed E-state index contributed by atoms with van der Waals surface area (Å²) in [6, 6.07) is 1.95. The molecular weight excluding hydrogens is 409 g/mol. The van der Waals surface area contributed by atoms with Crippen LogP contribution in [0.1, 0.15) is 22.2 Å². The van der Waals surface area contributed by atoms with Crippen molar-refractivity contribution in [3.8, 4) is 0 Å². The SMILES string of the molecule is Cc1nc(CN2CCn3c(Cn4cccn4)cnc3C2)cs1.O=C(O)C(F)(F)F. The third-order valence-electron chi connectivity index (χ3n) is 4.20. The zero-order chi connectivity index (χ0) is 21.0. The van der Waals surface area contributed by atoms with Gasteiger partial charge in [0.15, 0.2) is 0 Å². The van der Waals surface area contributed by atoms with E-state index in [0.717, 1.165) is 43.6 Å². The van der Waals surface area contributed by atoms with Crippen molar-refractivity contribution in [2.45, 2.75) is 39.3 Å². The molecule has 29 heavy (non-hydrogen) atoms. The van der Waals surface area contributed by atoms with Crippen LogP contribution in [0, 0.1) is 6.92 Å². The van der Waals surface area contributed by atoms with Crippen molar-refractivity contribution in [2.75, 3.05) is 6.54 Å². The summed E-state index contributed by atoms with van der Waals surface area (Å²) in [6.07, 6.45) is 0.693. The van der Waals surface area contributed by atoms with E-state index in [2.05, 4.69) is 36.8 Å². The van der Waals surface area contributed by atoms with Crippen LogP contribution in [0.5, 0.6) is 0 Å². The quantitative estimate of drug-likeness (QED) is 0.687. The lowest BCUT2D eigenvalue weighted by molar-refractivity contribution is -0.192. The van der Waals surface area contributed by atoms with Crippen LogP contribution in [0.4, 0.5) is 13.2 Å². The van der Waals surface area contributed by atoms with Crippen LogP contribution < -0.4 is 0 Å². The van der Waals surface area contributed by atoms with Gasteiger partial charge in [-0.3, -0.25) is 9.58 Å². The Hall–Kier alpha value is -2.73. The molecule has 1 aliphatic rings. The van der Waals surface area contributed by atoms with Gasteiger partial charge in [-0.1, -0.05) is 0 Å². The van der Waals surface area contributed by atoms with Crippen LogP contribution in [-0.2, 0) is 31.0 Å². The number of aromatic nitrogens is 5. The van der Waals surface area contributed by atoms with Crippen LogP contribution >= 0.6 is 11.3 Å². The molecular formula is C17H19F3N6O2S. The van der Waals surface area contributed by atoms with Crippen LogP contribution in [-0.4, -0.2) is 53.0 Å². The first-order valence-corrected chi connectivity index (χ1v) is 9.54. The maximum Gasteiger partial charge on any atom is 0.490 e. The van der Waals surface area contributed by atoms with Gasteiger partial charge in [0.05, 0.1) is 35.7 Å². The first-order chi connectivity index (χ1) is 13.7. The molecule has 12 heteroatoms. The number of aryl methyl sites for hydroxylation is 1. The number of carboxylic acid groups (broad SMARTS) is 1. The molecule has 3 aromatic heterocycles. The number of aliphatic carboxylic acids is 1. The molecule has 0 atom stereocenters. The molecule has 4 rings (SSSR count). The highest BCUT2D eigenvalue weighted by Crippen LogP contribution is 2.18. The van der Waals surface area contributed by atoms with Crippen molar-refractivity contribution >= 4 is 17.3 Å². The average Bonchev–Trinajstić information content (AvgIpc) is 3.38. The predicted molar refractivity (Wildman–Crippen MR) is 98.2 cm³/mol. The fraction of sp³-hybridized carbons (Fsp3) is 0.412. The second-order valence-corrected chi connectivity index (χ2v) is 7.45. The van der Waals surface area contributed by atoms with E-state index in [1.165, 1.54) is 11.4 Å². The third kappa shape index (κ3) is 5.64. The van der Waals surface area contributed by atoms with E-state index in [0.29, 0.717) is 0 Å². The Morgan fingerprint density at radius 3 is 2.66 bits per heavy atom. The zero-order valence-electron chi connectivity index (χ0n) is 15.5. The smallest absolute Gasteiger partial charge is 0.475 e. The second kappa shape index (κ2) is 8.74. The normalized spacial score (nSPS) is 14.2. The van der Waals surface area contributed by atoms with Crippen LogP contribution in [0.2, 0.25) is 0 Å². The Balaban J connectivity index is 0.000000298. The van der Waals surface area contributed by atoms with Gasteiger partial charge in [-0.05, 0) is 13.0 Å². The number of alkyl halides is 3. The Kier molecular flexibility index (Phi) is 6.33. The number of halogens is 3. The van der Waals surface area contributed by atoms with Gasteiger partial charge >= 0.3 is 12.1 Å². The van der Waals surface area contributed by atoms with Gasteiger partial charge < -0.3 is 9.67 Å². The molecule has 1 N–H and O–H groups in total. The number of hydrogen-bond acceptors (Lipinski definition) is 6. The molecule has 0 fully saturated rings. The Labute approximate surface area is 168 Å². The number of hydrogen-bond donors (Lipinski definition) is 1. The van der Waals surface area contributed by atoms with E-state index < -0.39 is 12.1 Å². The van der Waals surface area contributed by atoms with E-state index in [-0.39, 0.29) is 0 Å². The van der Waals surface area contributed by atoms with Crippen molar-refractivity contribution in [1.82, 2.24) is 29.2 Å². The van der Waals surface area contributed by atoms with Crippen LogP contribution in [0.15, 0.2) is 30.0 Å². The molecule has 4 heterocycles. The van der Waals surface area contributed by atoms with Gasteiger partial charge in [0.2, 0.25) is 0 Å². The Morgan fingerprint density at radius 1 is 1.31 bits per heavy atom. The Morgan fingerprint density at radius 2 is 2.07 bits per heavy atom. The predicted octanol–water partition coefficient (Wildman–Crippen LogP) is 2.54. The van der Waals surface area contributed by atoms with Crippen molar-refractivity contribution in [3.05, 3.63) is 52.3 Å². The van der Waals surface area contributed by atoms with Crippen molar-refractivity contribution in [2.24, 2.45) is 0 Å². The maximum absolute atomic E-state index is 10.6. The van der Waals surface area contributed by atoms with Crippen molar-refractivity contribution in [3.63, 3.8) is 0 Å². The summed E-state index contributed by atoms with van der Waals surface area (Å²) >= 11 is 1.72. The summed E-state index contributed by atoms with van der Waals surface area (Å²) in [4.78, 5) is 20.5. The summed E-state index contributed by atoms with van der Waals surface area (Å²) in [7, 11) is 0. The fourth-order valence-electron chi connectivity index (χ4n) is 2.90. The summed E-state index contributed by atoms with van der Waals surface area (Å²) in [5.41, 5.74) is 2.39. The van der Waals surface area contributed by atoms with Gasteiger partial charge in [0, 0.05) is 37.4 Å². The molecule has 0 unspecified atom stereocenters. The minimum Gasteiger partial charge on any atom is -0.475 e. The zero-order valence-corrected chi connectivity index (χ0v) is 16.3. The lowest BCUT2D eigenvalue weighted by atomic mass is 10.3. The summed E-state index contributed by atoms with van der Waals surface area (Å²) < 4.78 is 36.0. The molecule has 0 bridgehead atoms. The molecule has 156 valence electrons. The monoisotopic (exact) mass is 428 g/mol. The molecule has 0 aromatic carbocycles. The van der Waals surface area contributed by atoms with E-state index in [9.17, 15) is 13.2 Å². The number of fused-ring (bicyclic) bond motifs is 1. The topological polar surface area (TPSA) is 89.1 Å². The van der Waals surface area contributed by atoms with Gasteiger partial charge in [0.25, 0.3) is 0 Å². The lowest BCUT2D eigenvalue weighted by Gasteiger charge is -2.27. The molecule has 0 amide bonds. The molecule has 0 saturated heterocycles. The van der Waals surface area contributed by atoms with Gasteiger partial charge in [-0.15, -0.1) is 11.3 Å². The van der Waals surface area contributed by atoms with E-state index >= 15 is 0 Å². The number of imidazole rings is 1. The first kappa shape index (κ1) is 21.0. The fourth-order valence-corrected chi connectivity index (χ4v) is 3.51. The highest BCUT2D eigenvalue weighted by molar-refractivity contribution is 7.09. The van der Waals surface area contributed by atoms with E-state index in [1.807, 2.05) is 29.3 Å². The number of nitrogens with zero attached hydrogens (tertiary/aromatic N) is 6.